The van der Waals surface area contributed by atoms with Gasteiger partial charge in [-0.15, -0.1) is 10.3 Å². The molecule has 0 amide bonds. The molecule has 1 saturated heterocycles. The van der Waals surface area contributed by atoms with Crippen LogP contribution in [0.5, 0.6) is 23.0 Å². The van der Waals surface area contributed by atoms with Crippen LogP contribution in [0, 0.1) is 0 Å². The lowest BCUT2D eigenvalue weighted by molar-refractivity contribution is -0.266. The van der Waals surface area contributed by atoms with Gasteiger partial charge in [0.05, 0.1) is 43.8 Å². The Labute approximate surface area is 324 Å². The van der Waals surface area contributed by atoms with Crippen LogP contribution in [-0.2, 0) is 36.1 Å². The number of nitrogens with one attached hydrogen (secondary N) is 1. The molecule has 56 heavy (non-hydrogen) atoms. The van der Waals surface area contributed by atoms with Crippen molar-refractivity contribution in [3.05, 3.63) is 135 Å². The Hall–Kier alpha value is -5.28. The maximum Gasteiger partial charge on any atom is 0.351 e. The van der Waals surface area contributed by atoms with E-state index in [1.165, 1.54) is 17.9 Å². The number of benzene rings is 4. The molecule has 1 aromatic heterocycles. The van der Waals surface area contributed by atoms with Crippen LogP contribution in [0.15, 0.2) is 102 Å². The number of aromatic nitrogens is 2. The fourth-order valence-electron chi connectivity index (χ4n) is 8.35. The minimum atomic E-state index is -1.20. The van der Waals surface area contributed by atoms with Crippen molar-refractivity contribution >= 4 is 11.5 Å². The predicted molar refractivity (Wildman–Crippen MR) is 206 cm³/mol. The zero-order chi connectivity index (χ0) is 39.6. The number of aliphatic hydroxyl groups is 1. The van der Waals surface area contributed by atoms with Gasteiger partial charge in [0.15, 0.2) is 23.5 Å². The normalized spacial score (nSPS) is 22.0. The fraction of sp³-hybridized carbons (Fsp3) is 0.349. The Kier molecular flexibility index (Phi) is 9.43. The molecule has 4 aromatic carbocycles. The third kappa shape index (κ3) is 5.94. The van der Waals surface area contributed by atoms with Crippen molar-refractivity contribution in [1.82, 2.24) is 14.6 Å². The van der Waals surface area contributed by atoms with E-state index in [9.17, 15) is 15.1 Å². The molecule has 0 bridgehead atoms. The first-order chi connectivity index (χ1) is 26.8. The molecule has 0 saturated carbocycles. The van der Waals surface area contributed by atoms with Gasteiger partial charge < -0.3 is 38.8 Å². The van der Waals surface area contributed by atoms with Gasteiger partial charge in [-0.25, -0.2) is 4.79 Å². The summed E-state index contributed by atoms with van der Waals surface area (Å²) in [6.45, 7) is 7.44. The molecular formula is C43H45N4O9. The van der Waals surface area contributed by atoms with Crippen molar-refractivity contribution in [1.29, 1.82) is 0 Å². The molecule has 3 aliphatic heterocycles. The summed E-state index contributed by atoms with van der Waals surface area (Å²) in [6.07, 6.45) is -2.68. The SMILES string of the molecule is COc1ccc(C(OC[C@H]2O[C@@H](n3cc4c(nc3=O)Nc3cc5c(cc3O4)C(C)(C)N([O])C5(C)C)[C@H](OC)[C@@H]2O)(c2ccccc2)c2ccc(OC)cc2)cc1. The van der Waals surface area contributed by atoms with Gasteiger partial charge in [0.25, 0.3) is 0 Å². The summed E-state index contributed by atoms with van der Waals surface area (Å²) in [4.78, 5) is 18.0. The topological polar surface area (TPSA) is 146 Å². The molecule has 2 N–H and O–H groups in total. The molecule has 0 spiro atoms. The van der Waals surface area contributed by atoms with Crippen LogP contribution in [-0.4, -0.2) is 66.0 Å². The van der Waals surface area contributed by atoms with Crippen LogP contribution in [0.25, 0.3) is 0 Å². The number of rotatable bonds is 10. The largest absolute Gasteiger partial charge is 0.497 e. The molecule has 291 valence electrons. The van der Waals surface area contributed by atoms with Gasteiger partial charge in [-0.05, 0) is 91.9 Å². The van der Waals surface area contributed by atoms with Gasteiger partial charge in [0.1, 0.15) is 35.4 Å². The van der Waals surface area contributed by atoms with E-state index in [0.717, 1.165) is 32.9 Å². The highest BCUT2D eigenvalue weighted by molar-refractivity contribution is 5.75. The zero-order valence-electron chi connectivity index (χ0n) is 32.3. The molecule has 3 aliphatic rings. The lowest BCUT2D eigenvalue weighted by atomic mass is 9.80. The average molecular weight is 762 g/mol. The van der Waals surface area contributed by atoms with Crippen molar-refractivity contribution in [3.8, 4) is 23.0 Å². The highest BCUT2D eigenvalue weighted by Gasteiger charge is 2.51. The molecule has 1 fully saturated rings. The molecule has 1 radical (unpaired) electrons. The van der Waals surface area contributed by atoms with Crippen LogP contribution < -0.4 is 25.2 Å². The highest BCUT2D eigenvalue weighted by Crippen LogP contribution is 2.53. The van der Waals surface area contributed by atoms with E-state index in [1.54, 1.807) is 14.2 Å². The van der Waals surface area contributed by atoms with Gasteiger partial charge in [-0.2, -0.15) is 4.98 Å². The van der Waals surface area contributed by atoms with Crippen LogP contribution in [0.3, 0.4) is 0 Å². The van der Waals surface area contributed by atoms with Crippen LogP contribution in [0.4, 0.5) is 11.5 Å². The maximum atomic E-state index is 13.7. The van der Waals surface area contributed by atoms with E-state index in [2.05, 4.69) is 10.3 Å². The second kappa shape index (κ2) is 14.0. The molecule has 5 aromatic rings. The Morgan fingerprint density at radius 1 is 0.821 bits per heavy atom. The van der Waals surface area contributed by atoms with Gasteiger partial charge in [-0.1, -0.05) is 54.6 Å². The van der Waals surface area contributed by atoms with Gasteiger partial charge in [0.2, 0.25) is 0 Å². The molecule has 4 heterocycles. The monoisotopic (exact) mass is 761 g/mol. The maximum absolute atomic E-state index is 13.7. The first kappa shape index (κ1) is 37.6. The van der Waals surface area contributed by atoms with Gasteiger partial charge in [0, 0.05) is 7.11 Å². The van der Waals surface area contributed by atoms with Crippen LogP contribution in [0.1, 0.15) is 61.7 Å². The number of hydrogen-bond acceptors (Lipinski definition) is 11. The summed E-state index contributed by atoms with van der Waals surface area (Å²) in [7, 11) is 4.67. The number of anilines is 2. The number of aliphatic hydroxyl groups excluding tert-OH is 1. The summed E-state index contributed by atoms with van der Waals surface area (Å²) < 4.78 is 37.8. The smallest absolute Gasteiger partial charge is 0.351 e. The van der Waals surface area contributed by atoms with Crippen LogP contribution in [0.2, 0.25) is 0 Å². The molecular weight excluding hydrogens is 716 g/mol. The zero-order valence-corrected chi connectivity index (χ0v) is 32.3. The fourth-order valence-corrected chi connectivity index (χ4v) is 8.35. The predicted octanol–water partition coefficient (Wildman–Crippen LogP) is 6.52. The van der Waals surface area contributed by atoms with E-state index in [1.807, 2.05) is 119 Å². The quantitative estimate of drug-likeness (QED) is 0.147. The molecule has 0 unspecified atom stereocenters. The summed E-state index contributed by atoms with van der Waals surface area (Å²) in [6, 6.07) is 28.8. The second-order valence-electron chi connectivity index (χ2n) is 15.2. The third-order valence-electron chi connectivity index (χ3n) is 11.3. The molecule has 13 nitrogen and oxygen atoms in total. The lowest BCUT2D eigenvalue weighted by Gasteiger charge is -2.37. The number of hydrogen-bond donors (Lipinski definition) is 2. The summed E-state index contributed by atoms with van der Waals surface area (Å²) in [5.41, 5.74) is 1.38. The number of nitrogens with zero attached hydrogens (tertiary/aromatic N) is 3. The average Bonchev–Trinajstić information content (AvgIpc) is 3.59. The summed E-state index contributed by atoms with van der Waals surface area (Å²) >= 11 is 0. The Morgan fingerprint density at radius 3 is 1.96 bits per heavy atom. The Balaban J connectivity index is 1.12. The molecule has 8 rings (SSSR count). The van der Waals surface area contributed by atoms with Gasteiger partial charge >= 0.3 is 5.69 Å². The summed E-state index contributed by atoms with van der Waals surface area (Å²) in [5, 5.41) is 29.3. The lowest BCUT2D eigenvalue weighted by Crippen LogP contribution is -2.41. The number of fused-ring (bicyclic) bond motifs is 3. The van der Waals surface area contributed by atoms with Crippen molar-refractivity contribution in [2.75, 3.05) is 33.3 Å². The molecule has 4 atom stereocenters. The number of ether oxygens (including phenoxy) is 6. The summed E-state index contributed by atoms with van der Waals surface area (Å²) in [5.74, 6) is 2.33. The van der Waals surface area contributed by atoms with Crippen molar-refractivity contribution in [2.45, 2.75) is 68.9 Å². The third-order valence-corrected chi connectivity index (χ3v) is 11.3. The van der Waals surface area contributed by atoms with Gasteiger partial charge in [-0.3, -0.25) is 4.57 Å². The van der Waals surface area contributed by atoms with Crippen molar-refractivity contribution in [2.24, 2.45) is 0 Å². The number of hydroxylamine groups is 2. The van der Waals surface area contributed by atoms with E-state index in [-0.39, 0.29) is 18.2 Å². The molecule has 13 heteroatoms. The van der Waals surface area contributed by atoms with E-state index >= 15 is 0 Å². The first-order valence-electron chi connectivity index (χ1n) is 18.4. The minimum Gasteiger partial charge on any atom is -0.497 e. The first-order valence-corrected chi connectivity index (χ1v) is 18.4. The van der Waals surface area contributed by atoms with Crippen molar-refractivity contribution in [3.63, 3.8) is 0 Å². The standard InChI is InChI=1S/C43H45N4O9/c1-41(2)30-21-32-33(22-31(30)42(3,4)47(41)50)55-34-23-46(40(49)45-38(34)44-32)39-37(53-7)36(48)35(56-39)24-54-43(25-11-9-8-10-12-25,26-13-17-28(51-5)18-14-26)27-15-19-29(52-6)20-16-27/h8-23,35-37,39,48H,24H2,1-7H3,(H,44,45,49)/t35-,36-,37-,39-/m1/s1. The van der Waals surface area contributed by atoms with Crippen molar-refractivity contribution < 1.29 is 38.7 Å². The van der Waals surface area contributed by atoms with E-state index in [0.29, 0.717) is 22.9 Å². The number of methoxy groups -OCH3 is 3. The Morgan fingerprint density at radius 2 is 1.39 bits per heavy atom. The highest BCUT2D eigenvalue weighted by atomic mass is 16.6. The van der Waals surface area contributed by atoms with E-state index < -0.39 is 46.9 Å². The van der Waals surface area contributed by atoms with E-state index in [4.69, 9.17) is 28.4 Å². The Bertz CT molecular complexity index is 2250. The minimum absolute atomic E-state index is 0.100. The molecule has 0 aliphatic carbocycles. The second-order valence-corrected chi connectivity index (χ2v) is 15.2. The van der Waals surface area contributed by atoms with Crippen LogP contribution >= 0.6 is 0 Å².